The van der Waals surface area contributed by atoms with E-state index < -0.39 is 0 Å². The standard InChI is InChI=1S/C21H13/c1-4-8-18-14(5-1)9-10-15-11-12-19-17-7-3-2-6-16(17)13-20(19)21(15)18/h1-13H. The fourth-order valence-corrected chi connectivity index (χ4v) is 3.53. The molecule has 5 rings (SSSR count). The molecule has 1 aliphatic carbocycles. The zero-order chi connectivity index (χ0) is 13.8. The molecule has 0 aromatic heterocycles. The monoisotopic (exact) mass is 265 g/mol. The minimum atomic E-state index is 1.31. The lowest BCUT2D eigenvalue weighted by Gasteiger charge is -2.09. The van der Waals surface area contributed by atoms with Gasteiger partial charge in [0.05, 0.1) is 0 Å². The molecular weight excluding hydrogens is 252 g/mol. The van der Waals surface area contributed by atoms with E-state index in [-0.39, 0.29) is 0 Å². The quantitative estimate of drug-likeness (QED) is 0.321. The van der Waals surface area contributed by atoms with Crippen molar-refractivity contribution in [3.05, 3.63) is 90.3 Å². The van der Waals surface area contributed by atoms with Crippen LogP contribution in [-0.4, -0.2) is 0 Å². The Hall–Kier alpha value is -2.60. The van der Waals surface area contributed by atoms with Gasteiger partial charge >= 0.3 is 0 Å². The van der Waals surface area contributed by atoms with E-state index in [2.05, 4.69) is 79.2 Å². The van der Waals surface area contributed by atoms with Crippen molar-refractivity contribution < 1.29 is 0 Å². The van der Waals surface area contributed by atoms with E-state index in [1.807, 2.05) is 0 Å². The first-order valence-electron chi connectivity index (χ1n) is 7.30. The normalized spacial score (nSPS) is 12.6. The smallest absolute Gasteiger partial charge is 0.0218 e. The van der Waals surface area contributed by atoms with E-state index in [4.69, 9.17) is 0 Å². The Morgan fingerprint density at radius 3 is 2.29 bits per heavy atom. The highest BCUT2D eigenvalue weighted by molar-refractivity contribution is 6.12. The molecule has 0 fully saturated rings. The summed E-state index contributed by atoms with van der Waals surface area (Å²) in [6.45, 7) is 0. The first-order valence-corrected chi connectivity index (χ1v) is 7.30. The first-order chi connectivity index (χ1) is 10.4. The number of hydrogen-bond acceptors (Lipinski definition) is 0. The highest BCUT2D eigenvalue weighted by Crippen LogP contribution is 2.43. The van der Waals surface area contributed by atoms with Gasteiger partial charge in [-0.25, -0.2) is 0 Å². The van der Waals surface area contributed by atoms with Crippen LogP contribution in [0.5, 0.6) is 0 Å². The average Bonchev–Trinajstić information content (AvgIpc) is 2.93. The summed E-state index contributed by atoms with van der Waals surface area (Å²) >= 11 is 0. The lowest BCUT2D eigenvalue weighted by molar-refractivity contribution is 1.57. The average molecular weight is 265 g/mol. The summed E-state index contributed by atoms with van der Waals surface area (Å²) in [4.78, 5) is 0. The molecule has 0 aliphatic heterocycles. The molecule has 1 radical (unpaired) electrons. The van der Waals surface area contributed by atoms with E-state index >= 15 is 0 Å². The van der Waals surface area contributed by atoms with Crippen LogP contribution < -0.4 is 0 Å². The Kier molecular flexibility index (Phi) is 2.09. The highest BCUT2D eigenvalue weighted by atomic mass is 14.2. The molecule has 0 atom stereocenters. The number of hydrogen-bond donors (Lipinski definition) is 0. The van der Waals surface area contributed by atoms with Crippen LogP contribution in [0.2, 0.25) is 0 Å². The van der Waals surface area contributed by atoms with E-state index in [1.54, 1.807) is 0 Å². The van der Waals surface area contributed by atoms with Gasteiger partial charge in [-0.2, -0.15) is 0 Å². The maximum atomic E-state index is 2.33. The molecule has 1 aliphatic rings. The van der Waals surface area contributed by atoms with Gasteiger partial charge in [-0.3, -0.25) is 0 Å². The number of rotatable bonds is 0. The third kappa shape index (κ3) is 1.45. The summed E-state index contributed by atoms with van der Waals surface area (Å²) in [7, 11) is 0. The third-order valence-corrected chi connectivity index (χ3v) is 4.50. The maximum Gasteiger partial charge on any atom is 0.0218 e. The van der Waals surface area contributed by atoms with Crippen molar-refractivity contribution in [3.8, 4) is 11.1 Å². The summed E-state index contributed by atoms with van der Waals surface area (Å²) in [5, 5.41) is 5.34. The van der Waals surface area contributed by atoms with Gasteiger partial charge in [0.2, 0.25) is 0 Å². The summed E-state index contributed by atoms with van der Waals surface area (Å²) in [5.74, 6) is 0. The fraction of sp³-hybridized carbons (Fsp3) is 0. The largest absolute Gasteiger partial charge is 0.0619 e. The molecule has 4 aromatic rings. The summed E-state index contributed by atoms with van der Waals surface area (Å²) < 4.78 is 0. The van der Waals surface area contributed by atoms with E-state index in [9.17, 15) is 0 Å². The van der Waals surface area contributed by atoms with E-state index in [1.165, 1.54) is 43.8 Å². The Morgan fingerprint density at radius 2 is 1.29 bits per heavy atom. The molecule has 21 heavy (non-hydrogen) atoms. The van der Waals surface area contributed by atoms with Gasteiger partial charge in [-0.1, -0.05) is 72.8 Å². The van der Waals surface area contributed by atoms with Crippen LogP contribution >= 0.6 is 0 Å². The van der Waals surface area contributed by atoms with E-state index in [0.29, 0.717) is 0 Å². The van der Waals surface area contributed by atoms with Gasteiger partial charge in [-0.15, -0.1) is 0 Å². The molecule has 0 nitrogen and oxygen atoms in total. The van der Waals surface area contributed by atoms with Crippen molar-refractivity contribution in [2.75, 3.05) is 0 Å². The van der Waals surface area contributed by atoms with Crippen LogP contribution in [0, 0.1) is 6.42 Å². The van der Waals surface area contributed by atoms with Crippen molar-refractivity contribution in [2.45, 2.75) is 0 Å². The summed E-state index contributed by atoms with van der Waals surface area (Å²) in [5.41, 5.74) is 5.40. The second-order valence-electron chi connectivity index (χ2n) is 5.64. The minimum Gasteiger partial charge on any atom is -0.0619 e. The molecule has 0 saturated heterocycles. The lowest BCUT2D eigenvalue weighted by atomic mass is 9.94. The maximum absolute atomic E-state index is 2.33. The van der Waals surface area contributed by atoms with Gasteiger partial charge in [0.25, 0.3) is 0 Å². The van der Waals surface area contributed by atoms with Gasteiger partial charge in [0.15, 0.2) is 0 Å². The molecule has 4 aromatic carbocycles. The Bertz CT molecular complexity index is 1010. The number of benzene rings is 4. The van der Waals surface area contributed by atoms with Crippen LogP contribution in [0.1, 0.15) is 11.1 Å². The SMILES string of the molecule is [CH]1c2ccccc2-c2ccc3ccc4ccccc4c3c21. The van der Waals surface area contributed by atoms with Crippen LogP contribution in [0.4, 0.5) is 0 Å². The molecule has 0 saturated carbocycles. The van der Waals surface area contributed by atoms with Crippen molar-refractivity contribution in [3.63, 3.8) is 0 Å². The van der Waals surface area contributed by atoms with Crippen molar-refractivity contribution in [2.24, 2.45) is 0 Å². The number of fused-ring (bicyclic) bond motifs is 7. The zero-order valence-electron chi connectivity index (χ0n) is 11.5. The highest BCUT2D eigenvalue weighted by Gasteiger charge is 2.21. The van der Waals surface area contributed by atoms with Crippen LogP contribution in [0.25, 0.3) is 32.7 Å². The van der Waals surface area contributed by atoms with Crippen LogP contribution in [-0.2, 0) is 0 Å². The molecule has 0 heteroatoms. The Labute approximate surface area is 123 Å². The topological polar surface area (TPSA) is 0 Å². The minimum absolute atomic E-state index is 1.31. The molecule has 0 bridgehead atoms. The predicted molar refractivity (Wildman–Crippen MR) is 89.4 cm³/mol. The second-order valence-corrected chi connectivity index (χ2v) is 5.64. The summed E-state index contributed by atoms with van der Waals surface area (Å²) in [6, 6.07) is 26.3. The Balaban J connectivity index is 1.97. The van der Waals surface area contributed by atoms with Gasteiger partial charge in [0.1, 0.15) is 0 Å². The van der Waals surface area contributed by atoms with Crippen LogP contribution in [0.3, 0.4) is 0 Å². The fourth-order valence-electron chi connectivity index (χ4n) is 3.53. The van der Waals surface area contributed by atoms with Gasteiger partial charge < -0.3 is 0 Å². The zero-order valence-corrected chi connectivity index (χ0v) is 11.5. The van der Waals surface area contributed by atoms with Gasteiger partial charge in [-0.05, 0) is 43.8 Å². The molecule has 0 N–H and O–H groups in total. The predicted octanol–water partition coefficient (Wildman–Crippen LogP) is 5.57. The molecule has 0 spiro atoms. The van der Waals surface area contributed by atoms with E-state index in [0.717, 1.165) is 0 Å². The lowest BCUT2D eigenvalue weighted by Crippen LogP contribution is -1.85. The van der Waals surface area contributed by atoms with Crippen molar-refractivity contribution >= 4 is 21.5 Å². The molecule has 0 heterocycles. The molecule has 0 amide bonds. The molecular formula is C21H13. The van der Waals surface area contributed by atoms with Crippen molar-refractivity contribution in [1.82, 2.24) is 0 Å². The second kappa shape index (κ2) is 3.95. The van der Waals surface area contributed by atoms with Crippen LogP contribution in [0.15, 0.2) is 72.8 Å². The molecule has 97 valence electrons. The van der Waals surface area contributed by atoms with Gasteiger partial charge in [0, 0.05) is 6.42 Å². The van der Waals surface area contributed by atoms with Crippen molar-refractivity contribution in [1.29, 1.82) is 0 Å². The molecule has 0 unspecified atom stereocenters. The summed E-state index contributed by atoms with van der Waals surface area (Å²) in [6.07, 6.45) is 2.33. The Morgan fingerprint density at radius 1 is 0.524 bits per heavy atom. The third-order valence-electron chi connectivity index (χ3n) is 4.50. The first kappa shape index (κ1) is 11.1.